The van der Waals surface area contributed by atoms with Crippen molar-refractivity contribution in [2.45, 2.75) is 19.4 Å². The molecule has 1 saturated heterocycles. The fourth-order valence-corrected chi connectivity index (χ4v) is 4.33. The third-order valence-corrected chi connectivity index (χ3v) is 6.55. The number of nitrogens with zero attached hydrogens (tertiary/aromatic N) is 4. The first-order chi connectivity index (χ1) is 17.1. The van der Waals surface area contributed by atoms with Crippen molar-refractivity contribution in [2.75, 3.05) is 33.2 Å². The number of carbonyl (C=O) groups excluding carboxylic acids is 1. The van der Waals surface area contributed by atoms with Crippen molar-refractivity contribution >= 4 is 5.78 Å². The molecule has 0 spiro atoms. The smallest absolute Gasteiger partial charge is 0.263 e. The number of oxazole rings is 1. The first-order valence-electron chi connectivity index (χ1n) is 12.1. The number of ketones is 1. The number of hydrogen-bond acceptors (Lipinski definition) is 6. The van der Waals surface area contributed by atoms with Crippen molar-refractivity contribution in [1.82, 2.24) is 19.8 Å². The number of carbonyl (C=O) groups is 1. The lowest BCUT2D eigenvalue weighted by molar-refractivity contribution is 0.0950. The summed E-state index contributed by atoms with van der Waals surface area (Å²) >= 11 is 0. The van der Waals surface area contributed by atoms with Crippen LogP contribution in [0, 0.1) is 0 Å². The molecule has 5 rings (SSSR count). The number of benzene rings is 2. The van der Waals surface area contributed by atoms with E-state index >= 15 is 0 Å². The summed E-state index contributed by atoms with van der Waals surface area (Å²) in [6, 6.07) is 22.8. The van der Waals surface area contributed by atoms with Gasteiger partial charge in [-0.3, -0.25) is 14.7 Å². The van der Waals surface area contributed by atoms with Crippen LogP contribution >= 0.6 is 0 Å². The van der Waals surface area contributed by atoms with Crippen molar-refractivity contribution in [3.05, 3.63) is 96.1 Å². The number of piperazine rings is 1. The molecule has 2 aromatic heterocycles. The maximum Gasteiger partial charge on any atom is 0.263 e. The van der Waals surface area contributed by atoms with E-state index in [4.69, 9.17) is 4.42 Å². The predicted molar refractivity (Wildman–Crippen MR) is 137 cm³/mol. The molecule has 0 radical (unpaired) electrons. The first kappa shape index (κ1) is 23.1. The largest absolute Gasteiger partial charge is 0.432 e. The Labute approximate surface area is 206 Å². The monoisotopic (exact) mass is 466 g/mol. The second kappa shape index (κ2) is 10.8. The Balaban J connectivity index is 1.14. The summed E-state index contributed by atoms with van der Waals surface area (Å²) < 4.78 is 5.63. The molecule has 0 unspecified atom stereocenters. The average molecular weight is 467 g/mol. The highest BCUT2D eigenvalue weighted by Gasteiger charge is 2.15. The molecule has 35 heavy (non-hydrogen) atoms. The minimum Gasteiger partial charge on any atom is -0.432 e. The zero-order valence-corrected chi connectivity index (χ0v) is 20.1. The van der Waals surface area contributed by atoms with E-state index in [0.717, 1.165) is 38.3 Å². The van der Waals surface area contributed by atoms with Gasteiger partial charge in [-0.2, -0.15) is 0 Å². The van der Waals surface area contributed by atoms with Crippen LogP contribution in [0.4, 0.5) is 0 Å². The lowest BCUT2D eigenvalue weighted by Crippen LogP contribution is -2.43. The Bertz CT molecular complexity index is 1240. The average Bonchev–Trinajstić information content (AvgIpc) is 3.41. The zero-order valence-electron chi connectivity index (χ0n) is 20.1. The first-order valence-corrected chi connectivity index (χ1v) is 12.1. The molecule has 0 amide bonds. The number of Topliss-reactive ketones (excluding diaryl/α,β-unsaturated/α-hetero) is 1. The van der Waals surface area contributed by atoms with Gasteiger partial charge in [-0.05, 0) is 47.9 Å². The summed E-state index contributed by atoms with van der Waals surface area (Å²) in [5.41, 5.74) is 5.52. The zero-order chi connectivity index (χ0) is 24.0. The van der Waals surface area contributed by atoms with Gasteiger partial charge >= 0.3 is 0 Å². The quantitative estimate of drug-likeness (QED) is 0.342. The van der Waals surface area contributed by atoms with Gasteiger partial charge in [-0.1, -0.05) is 54.6 Å². The number of pyridine rings is 1. The van der Waals surface area contributed by atoms with E-state index in [2.05, 4.69) is 75.3 Å². The highest BCUT2D eigenvalue weighted by molar-refractivity contribution is 5.92. The molecule has 0 aliphatic carbocycles. The standard InChI is InChI=1S/C29H30N4O2/c1-32-16-18-33(19-17-32)21-23-7-12-25(13-8-23)24-10-5-22(6-11-24)9-14-27(34)29-31-20-28(35-29)26-4-2-3-15-30-26/h2-8,10-13,15,20H,9,14,16-19,21H2,1H3. The van der Waals surface area contributed by atoms with Crippen LogP contribution in [0.3, 0.4) is 0 Å². The molecule has 1 aliphatic heterocycles. The maximum absolute atomic E-state index is 12.6. The molecule has 1 aliphatic rings. The third-order valence-electron chi connectivity index (χ3n) is 6.55. The van der Waals surface area contributed by atoms with Crippen LogP contribution in [0.15, 0.2) is 83.5 Å². The van der Waals surface area contributed by atoms with Crippen LogP contribution in [0.25, 0.3) is 22.6 Å². The van der Waals surface area contributed by atoms with Gasteiger partial charge in [0, 0.05) is 45.3 Å². The summed E-state index contributed by atoms with van der Waals surface area (Å²) in [7, 11) is 2.19. The second-order valence-corrected chi connectivity index (χ2v) is 9.14. The van der Waals surface area contributed by atoms with Crippen molar-refractivity contribution in [1.29, 1.82) is 0 Å². The lowest BCUT2D eigenvalue weighted by atomic mass is 10.0. The molecule has 178 valence electrons. The van der Waals surface area contributed by atoms with Crippen LogP contribution < -0.4 is 0 Å². The van der Waals surface area contributed by atoms with Gasteiger partial charge in [0.2, 0.25) is 5.78 Å². The normalized spacial score (nSPS) is 14.8. The van der Waals surface area contributed by atoms with Crippen LogP contribution in [0.5, 0.6) is 0 Å². The third kappa shape index (κ3) is 5.91. The van der Waals surface area contributed by atoms with Gasteiger partial charge in [0.25, 0.3) is 5.89 Å². The number of rotatable bonds is 8. The predicted octanol–water partition coefficient (Wildman–Crippen LogP) is 4.97. The van der Waals surface area contributed by atoms with E-state index in [1.54, 1.807) is 12.4 Å². The highest BCUT2D eigenvalue weighted by Crippen LogP contribution is 2.22. The van der Waals surface area contributed by atoms with E-state index in [9.17, 15) is 4.79 Å². The van der Waals surface area contributed by atoms with Gasteiger partial charge in [0.05, 0.1) is 6.20 Å². The van der Waals surface area contributed by atoms with Crippen molar-refractivity contribution in [3.8, 4) is 22.6 Å². The summed E-state index contributed by atoms with van der Waals surface area (Å²) in [6.07, 6.45) is 4.24. The number of aryl methyl sites for hydroxylation is 1. The van der Waals surface area contributed by atoms with Gasteiger partial charge in [-0.15, -0.1) is 0 Å². The fraction of sp³-hybridized carbons (Fsp3) is 0.276. The summed E-state index contributed by atoms with van der Waals surface area (Å²) in [5.74, 6) is 0.541. The molecule has 0 bridgehead atoms. The molecule has 3 heterocycles. The summed E-state index contributed by atoms with van der Waals surface area (Å²) in [5, 5.41) is 0. The molecular formula is C29H30N4O2. The Hall–Kier alpha value is -3.61. The van der Waals surface area contributed by atoms with E-state index in [1.807, 2.05) is 18.2 Å². The molecule has 6 nitrogen and oxygen atoms in total. The summed E-state index contributed by atoms with van der Waals surface area (Å²) in [4.78, 5) is 25.8. The van der Waals surface area contributed by atoms with Gasteiger partial charge in [0.1, 0.15) is 5.69 Å². The Morgan fingerprint density at radius 1 is 0.857 bits per heavy atom. The van der Waals surface area contributed by atoms with Crippen molar-refractivity contribution in [3.63, 3.8) is 0 Å². The van der Waals surface area contributed by atoms with Crippen molar-refractivity contribution in [2.24, 2.45) is 0 Å². The fourth-order valence-electron chi connectivity index (χ4n) is 4.33. The topological polar surface area (TPSA) is 62.5 Å². The maximum atomic E-state index is 12.6. The molecule has 1 fully saturated rings. The van der Waals surface area contributed by atoms with E-state index in [-0.39, 0.29) is 11.7 Å². The minimum atomic E-state index is -0.104. The van der Waals surface area contributed by atoms with Gasteiger partial charge in [-0.25, -0.2) is 4.98 Å². The minimum absolute atomic E-state index is 0.104. The van der Waals surface area contributed by atoms with Crippen LogP contribution in [-0.2, 0) is 13.0 Å². The molecule has 0 N–H and O–H groups in total. The number of aromatic nitrogens is 2. The molecular weight excluding hydrogens is 436 g/mol. The highest BCUT2D eigenvalue weighted by atomic mass is 16.4. The Morgan fingerprint density at radius 2 is 1.54 bits per heavy atom. The van der Waals surface area contributed by atoms with Crippen LogP contribution in [0.1, 0.15) is 28.2 Å². The Morgan fingerprint density at radius 3 is 2.20 bits per heavy atom. The summed E-state index contributed by atoms with van der Waals surface area (Å²) in [6.45, 7) is 5.54. The molecule has 0 atom stereocenters. The molecule has 0 saturated carbocycles. The van der Waals surface area contributed by atoms with E-state index in [1.165, 1.54) is 16.7 Å². The Kier molecular flexibility index (Phi) is 7.12. The second-order valence-electron chi connectivity index (χ2n) is 9.14. The van der Waals surface area contributed by atoms with Crippen LogP contribution in [-0.4, -0.2) is 58.8 Å². The van der Waals surface area contributed by atoms with Crippen LogP contribution in [0.2, 0.25) is 0 Å². The number of hydrogen-bond donors (Lipinski definition) is 0. The van der Waals surface area contributed by atoms with Crippen molar-refractivity contribution < 1.29 is 9.21 Å². The van der Waals surface area contributed by atoms with Gasteiger partial charge in [0.15, 0.2) is 5.76 Å². The van der Waals surface area contributed by atoms with Gasteiger partial charge < -0.3 is 9.32 Å². The SMILES string of the molecule is CN1CCN(Cc2ccc(-c3ccc(CCC(=O)c4ncc(-c5ccccn5)o4)cc3)cc2)CC1. The molecule has 4 aromatic rings. The molecule has 6 heteroatoms. The lowest BCUT2D eigenvalue weighted by Gasteiger charge is -2.32. The van der Waals surface area contributed by atoms with E-state index < -0.39 is 0 Å². The molecule has 2 aromatic carbocycles. The number of likely N-dealkylation sites (N-methyl/N-ethyl adjacent to an activating group) is 1. The van der Waals surface area contributed by atoms with E-state index in [0.29, 0.717) is 24.3 Å².